The number of rotatable bonds is 5. The maximum Gasteiger partial charge on any atom is 0.230 e. The van der Waals surface area contributed by atoms with E-state index in [0.717, 1.165) is 18.5 Å². The maximum atomic E-state index is 11.9. The van der Waals surface area contributed by atoms with Gasteiger partial charge in [-0.2, -0.15) is 0 Å². The second-order valence-corrected chi connectivity index (χ2v) is 4.45. The van der Waals surface area contributed by atoms with Gasteiger partial charge >= 0.3 is 0 Å². The molecule has 0 spiro atoms. The number of ketones is 1. The minimum atomic E-state index is -0.0818. The number of hydrogen-bond donors (Lipinski definition) is 0. The Morgan fingerprint density at radius 1 is 1.41 bits per heavy atom. The van der Waals surface area contributed by atoms with Gasteiger partial charge in [-0.1, -0.05) is 6.07 Å². The SMILES string of the molecule is CC(=O)CC(=O)N(Cc1ccccn1)C1CC1. The van der Waals surface area contributed by atoms with Crippen LogP contribution in [-0.4, -0.2) is 27.6 Å². The topological polar surface area (TPSA) is 50.3 Å². The number of Topliss-reactive ketones (excluding diaryl/α,β-unsaturated/α-hetero) is 1. The third-order valence-corrected chi connectivity index (χ3v) is 2.77. The zero-order chi connectivity index (χ0) is 12.3. The van der Waals surface area contributed by atoms with Crippen LogP contribution in [0.3, 0.4) is 0 Å². The van der Waals surface area contributed by atoms with Crippen LogP contribution in [0.15, 0.2) is 24.4 Å². The van der Waals surface area contributed by atoms with Crippen LogP contribution in [0.1, 0.15) is 31.9 Å². The van der Waals surface area contributed by atoms with E-state index in [0.29, 0.717) is 12.6 Å². The average Bonchev–Trinajstić information content (AvgIpc) is 3.10. The van der Waals surface area contributed by atoms with Gasteiger partial charge in [0, 0.05) is 12.2 Å². The van der Waals surface area contributed by atoms with Crippen LogP contribution in [0, 0.1) is 0 Å². The molecule has 0 unspecified atom stereocenters. The molecule has 0 aromatic carbocycles. The third-order valence-electron chi connectivity index (χ3n) is 2.77. The fourth-order valence-electron chi connectivity index (χ4n) is 1.79. The van der Waals surface area contributed by atoms with Crippen molar-refractivity contribution in [1.82, 2.24) is 9.88 Å². The zero-order valence-corrected chi connectivity index (χ0v) is 9.93. The Balaban J connectivity index is 2.03. The first-order chi connectivity index (χ1) is 8.16. The fourth-order valence-corrected chi connectivity index (χ4v) is 1.79. The lowest BCUT2D eigenvalue weighted by molar-refractivity contribution is -0.135. The van der Waals surface area contributed by atoms with Crippen molar-refractivity contribution in [2.45, 2.75) is 38.8 Å². The highest BCUT2D eigenvalue weighted by Gasteiger charge is 2.32. The van der Waals surface area contributed by atoms with Gasteiger partial charge in [0.25, 0.3) is 0 Å². The van der Waals surface area contributed by atoms with E-state index in [-0.39, 0.29) is 18.1 Å². The summed E-state index contributed by atoms with van der Waals surface area (Å²) in [4.78, 5) is 28.9. The summed E-state index contributed by atoms with van der Waals surface area (Å²) in [6.07, 6.45) is 3.80. The Morgan fingerprint density at radius 2 is 2.18 bits per heavy atom. The molecule has 1 saturated carbocycles. The molecular weight excluding hydrogens is 216 g/mol. The van der Waals surface area contributed by atoms with Crippen LogP contribution in [0.2, 0.25) is 0 Å². The van der Waals surface area contributed by atoms with Gasteiger partial charge in [-0.3, -0.25) is 14.6 Å². The summed E-state index contributed by atoms with van der Waals surface area (Å²) in [5.74, 6) is -0.160. The first-order valence-corrected chi connectivity index (χ1v) is 5.85. The van der Waals surface area contributed by atoms with E-state index in [4.69, 9.17) is 0 Å². The molecule has 4 heteroatoms. The van der Waals surface area contributed by atoms with Gasteiger partial charge in [-0.25, -0.2) is 0 Å². The molecule has 1 aromatic rings. The van der Waals surface area contributed by atoms with Gasteiger partial charge in [-0.05, 0) is 31.9 Å². The molecule has 1 aromatic heterocycles. The summed E-state index contributed by atoms with van der Waals surface area (Å²) in [7, 11) is 0. The molecule has 1 amide bonds. The average molecular weight is 232 g/mol. The van der Waals surface area contributed by atoms with Crippen LogP contribution in [0.5, 0.6) is 0 Å². The van der Waals surface area contributed by atoms with Crippen LogP contribution in [0.4, 0.5) is 0 Å². The van der Waals surface area contributed by atoms with Gasteiger partial charge in [0.05, 0.1) is 18.7 Å². The van der Waals surface area contributed by atoms with E-state index in [2.05, 4.69) is 4.98 Å². The molecule has 4 nitrogen and oxygen atoms in total. The first-order valence-electron chi connectivity index (χ1n) is 5.85. The molecule has 0 aliphatic heterocycles. The highest BCUT2D eigenvalue weighted by atomic mass is 16.2. The van der Waals surface area contributed by atoms with Gasteiger partial charge in [0.1, 0.15) is 5.78 Å². The number of carbonyl (C=O) groups excluding carboxylic acids is 2. The Hall–Kier alpha value is -1.71. The monoisotopic (exact) mass is 232 g/mol. The van der Waals surface area contributed by atoms with Crippen molar-refractivity contribution in [2.75, 3.05) is 0 Å². The van der Waals surface area contributed by atoms with Crippen LogP contribution in [0.25, 0.3) is 0 Å². The standard InChI is InChI=1S/C13H16N2O2/c1-10(16)8-13(17)15(12-5-6-12)9-11-4-2-3-7-14-11/h2-4,7,12H,5-6,8-9H2,1H3. The molecule has 0 radical (unpaired) electrons. The number of aromatic nitrogens is 1. The molecule has 2 rings (SSSR count). The van der Waals surface area contributed by atoms with E-state index in [9.17, 15) is 9.59 Å². The zero-order valence-electron chi connectivity index (χ0n) is 9.93. The summed E-state index contributed by atoms with van der Waals surface area (Å²) in [5, 5.41) is 0. The van der Waals surface area contributed by atoms with Crippen molar-refractivity contribution < 1.29 is 9.59 Å². The van der Waals surface area contributed by atoms with Gasteiger partial charge < -0.3 is 4.90 Å². The molecule has 17 heavy (non-hydrogen) atoms. The highest BCUT2D eigenvalue weighted by molar-refractivity contribution is 5.97. The number of nitrogens with zero attached hydrogens (tertiary/aromatic N) is 2. The number of amides is 1. The number of pyridine rings is 1. The predicted octanol–water partition coefficient (Wildman–Crippen LogP) is 1.55. The molecule has 0 N–H and O–H groups in total. The quantitative estimate of drug-likeness (QED) is 0.724. The summed E-state index contributed by atoms with van der Waals surface area (Å²) >= 11 is 0. The molecule has 1 aliphatic carbocycles. The highest BCUT2D eigenvalue weighted by Crippen LogP contribution is 2.28. The van der Waals surface area contributed by atoms with Crippen molar-refractivity contribution in [3.05, 3.63) is 30.1 Å². The normalized spacial score (nSPS) is 14.4. The smallest absolute Gasteiger partial charge is 0.230 e. The van der Waals surface area contributed by atoms with Crippen LogP contribution >= 0.6 is 0 Å². The first kappa shape index (κ1) is 11.8. The van der Waals surface area contributed by atoms with Crippen molar-refractivity contribution in [2.24, 2.45) is 0 Å². The minimum Gasteiger partial charge on any atom is -0.333 e. The Labute approximate surface area is 101 Å². The van der Waals surface area contributed by atoms with E-state index in [1.807, 2.05) is 18.2 Å². The maximum absolute atomic E-state index is 11.9. The van der Waals surface area contributed by atoms with E-state index in [1.54, 1.807) is 11.1 Å². The third kappa shape index (κ3) is 3.37. The summed E-state index contributed by atoms with van der Waals surface area (Å²) in [6.45, 7) is 1.96. The van der Waals surface area contributed by atoms with Crippen molar-refractivity contribution in [3.8, 4) is 0 Å². The molecule has 1 heterocycles. The molecule has 90 valence electrons. The minimum absolute atomic E-state index is 0.00331. The van der Waals surface area contributed by atoms with Crippen LogP contribution in [-0.2, 0) is 16.1 Å². The van der Waals surface area contributed by atoms with Gasteiger partial charge in [0.2, 0.25) is 5.91 Å². The largest absolute Gasteiger partial charge is 0.333 e. The molecule has 1 fully saturated rings. The lowest BCUT2D eigenvalue weighted by Crippen LogP contribution is -2.33. The predicted molar refractivity (Wildman–Crippen MR) is 63.1 cm³/mol. The lowest BCUT2D eigenvalue weighted by atomic mass is 10.2. The number of hydrogen-bond acceptors (Lipinski definition) is 3. The molecule has 1 aliphatic rings. The van der Waals surface area contributed by atoms with Crippen molar-refractivity contribution in [1.29, 1.82) is 0 Å². The van der Waals surface area contributed by atoms with Gasteiger partial charge in [-0.15, -0.1) is 0 Å². The molecule has 0 atom stereocenters. The lowest BCUT2D eigenvalue weighted by Gasteiger charge is -2.21. The molecule has 0 saturated heterocycles. The summed E-state index contributed by atoms with van der Waals surface area (Å²) in [5.41, 5.74) is 0.872. The second-order valence-electron chi connectivity index (χ2n) is 4.45. The Morgan fingerprint density at radius 3 is 2.71 bits per heavy atom. The Bertz CT molecular complexity index is 413. The summed E-state index contributed by atoms with van der Waals surface area (Å²) in [6, 6.07) is 5.96. The second kappa shape index (κ2) is 5.08. The molecule has 0 bridgehead atoms. The van der Waals surface area contributed by atoms with Crippen molar-refractivity contribution >= 4 is 11.7 Å². The van der Waals surface area contributed by atoms with E-state index in [1.165, 1.54) is 6.92 Å². The summed E-state index contributed by atoms with van der Waals surface area (Å²) < 4.78 is 0. The van der Waals surface area contributed by atoms with E-state index >= 15 is 0 Å². The van der Waals surface area contributed by atoms with Gasteiger partial charge in [0.15, 0.2) is 0 Å². The number of carbonyl (C=O) groups is 2. The van der Waals surface area contributed by atoms with Crippen LogP contribution < -0.4 is 0 Å². The van der Waals surface area contributed by atoms with Crippen molar-refractivity contribution in [3.63, 3.8) is 0 Å². The van der Waals surface area contributed by atoms with E-state index < -0.39 is 0 Å². The molecular formula is C13H16N2O2. The fraction of sp³-hybridized carbons (Fsp3) is 0.462. The Kier molecular flexibility index (Phi) is 3.52.